The van der Waals surface area contributed by atoms with Gasteiger partial charge in [0.25, 0.3) is 5.91 Å². The zero-order valence-corrected chi connectivity index (χ0v) is 14.8. The fourth-order valence-corrected chi connectivity index (χ4v) is 2.84. The fourth-order valence-electron chi connectivity index (χ4n) is 2.60. The number of benzene rings is 2. The lowest BCUT2D eigenvalue weighted by Crippen LogP contribution is -2.12. The van der Waals surface area contributed by atoms with Crippen LogP contribution in [0.15, 0.2) is 66.9 Å². The zero-order chi connectivity index (χ0) is 17.6. The van der Waals surface area contributed by atoms with Crippen LogP contribution in [0, 0.1) is 0 Å². The van der Waals surface area contributed by atoms with Gasteiger partial charge >= 0.3 is 0 Å². The molecule has 2 aromatic carbocycles. The summed E-state index contributed by atoms with van der Waals surface area (Å²) in [6.07, 6.45) is 3.72. The predicted octanol–water partition coefficient (Wildman–Crippen LogP) is 5.61. The quantitative estimate of drug-likeness (QED) is 0.650. The standard InChI is InChI=1S/C21H19ClN2O/c1-2-5-15-8-11-17(12-9-15)24-21(25)16-10-13-20(23-14-16)18-6-3-4-7-19(18)22/h3-4,6-14H,2,5H2,1H3,(H,24,25). The predicted molar refractivity (Wildman–Crippen MR) is 103 cm³/mol. The highest BCUT2D eigenvalue weighted by molar-refractivity contribution is 6.33. The first-order chi connectivity index (χ1) is 12.2. The number of hydrogen-bond acceptors (Lipinski definition) is 2. The minimum Gasteiger partial charge on any atom is -0.322 e. The van der Waals surface area contributed by atoms with Gasteiger partial charge in [0.2, 0.25) is 0 Å². The molecule has 1 heterocycles. The lowest BCUT2D eigenvalue weighted by Gasteiger charge is -2.07. The Bertz CT molecular complexity index is 858. The number of amides is 1. The third-order valence-corrected chi connectivity index (χ3v) is 4.26. The van der Waals surface area contributed by atoms with Crippen LogP contribution in [0.25, 0.3) is 11.3 Å². The molecule has 0 radical (unpaired) electrons. The summed E-state index contributed by atoms with van der Waals surface area (Å²) in [5.74, 6) is -0.179. The van der Waals surface area contributed by atoms with Gasteiger partial charge in [0.05, 0.1) is 11.3 Å². The molecule has 0 bridgehead atoms. The van der Waals surface area contributed by atoms with E-state index in [9.17, 15) is 4.79 Å². The van der Waals surface area contributed by atoms with E-state index in [-0.39, 0.29) is 5.91 Å². The molecule has 3 nitrogen and oxygen atoms in total. The Morgan fingerprint density at radius 2 is 1.80 bits per heavy atom. The second-order valence-corrected chi connectivity index (χ2v) is 6.22. The van der Waals surface area contributed by atoms with Crippen LogP contribution in [0.5, 0.6) is 0 Å². The van der Waals surface area contributed by atoms with Crippen LogP contribution in [-0.2, 0) is 6.42 Å². The van der Waals surface area contributed by atoms with Gasteiger partial charge in [-0.05, 0) is 42.3 Å². The minimum absolute atomic E-state index is 0.179. The molecule has 0 unspecified atom stereocenters. The van der Waals surface area contributed by atoms with Gasteiger partial charge in [-0.15, -0.1) is 0 Å². The highest BCUT2D eigenvalue weighted by Gasteiger charge is 2.09. The maximum Gasteiger partial charge on any atom is 0.257 e. The summed E-state index contributed by atoms with van der Waals surface area (Å²) < 4.78 is 0. The van der Waals surface area contributed by atoms with E-state index >= 15 is 0 Å². The molecular weight excluding hydrogens is 332 g/mol. The lowest BCUT2D eigenvalue weighted by molar-refractivity contribution is 0.102. The summed E-state index contributed by atoms with van der Waals surface area (Å²) in [5, 5.41) is 3.53. The van der Waals surface area contributed by atoms with Crippen LogP contribution in [-0.4, -0.2) is 10.9 Å². The summed E-state index contributed by atoms with van der Waals surface area (Å²) in [6.45, 7) is 2.15. The first-order valence-corrected chi connectivity index (χ1v) is 8.66. The Hall–Kier alpha value is -2.65. The molecule has 1 amide bonds. The van der Waals surface area contributed by atoms with Crippen LogP contribution in [0.4, 0.5) is 5.69 Å². The number of aromatic nitrogens is 1. The van der Waals surface area contributed by atoms with E-state index in [2.05, 4.69) is 17.2 Å². The molecule has 4 heteroatoms. The molecule has 1 N–H and O–H groups in total. The molecule has 0 saturated carbocycles. The number of pyridine rings is 1. The van der Waals surface area contributed by atoms with Gasteiger partial charge < -0.3 is 5.32 Å². The number of anilines is 1. The summed E-state index contributed by atoms with van der Waals surface area (Å²) in [6, 6.07) is 19.0. The Kier molecular flexibility index (Phi) is 5.46. The van der Waals surface area contributed by atoms with Crippen molar-refractivity contribution in [3.05, 3.63) is 83.0 Å². The van der Waals surface area contributed by atoms with Crippen molar-refractivity contribution in [1.29, 1.82) is 0 Å². The molecule has 0 aliphatic heterocycles. The number of aryl methyl sites for hydroxylation is 1. The molecule has 1 aromatic heterocycles. The monoisotopic (exact) mass is 350 g/mol. The second kappa shape index (κ2) is 7.95. The SMILES string of the molecule is CCCc1ccc(NC(=O)c2ccc(-c3ccccc3Cl)nc2)cc1. The van der Waals surface area contributed by atoms with Gasteiger partial charge in [-0.3, -0.25) is 9.78 Å². The maximum atomic E-state index is 12.4. The third-order valence-electron chi connectivity index (χ3n) is 3.93. The van der Waals surface area contributed by atoms with Gasteiger partial charge in [-0.1, -0.05) is 55.3 Å². The van der Waals surface area contributed by atoms with Crippen molar-refractivity contribution < 1.29 is 4.79 Å². The molecule has 0 fully saturated rings. The van der Waals surface area contributed by atoms with Crippen LogP contribution in [0.3, 0.4) is 0 Å². The van der Waals surface area contributed by atoms with Crippen LogP contribution < -0.4 is 5.32 Å². The first-order valence-electron chi connectivity index (χ1n) is 8.28. The van der Waals surface area contributed by atoms with Crippen LogP contribution in [0.1, 0.15) is 29.3 Å². The largest absolute Gasteiger partial charge is 0.322 e. The highest BCUT2D eigenvalue weighted by Crippen LogP contribution is 2.25. The van der Waals surface area contributed by atoms with E-state index in [0.29, 0.717) is 10.6 Å². The van der Waals surface area contributed by atoms with Crippen LogP contribution in [0.2, 0.25) is 5.02 Å². The average Bonchev–Trinajstić information content (AvgIpc) is 2.64. The molecule has 3 rings (SSSR count). The number of nitrogens with one attached hydrogen (secondary N) is 1. The van der Waals surface area contributed by atoms with E-state index in [1.165, 1.54) is 5.56 Å². The Labute approximate surface area is 152 Å². The first kappa shape index (κ1) is 17.2. The van der Waals surface area contributed by atoms with Crippen molar-refractivity contribution in [2.75, 3.05) is 5.32 Å². The average molecular weight is 351 g/mol. The number of carbonyl (C=O) groups excluding carboxylic acids is 1. The maximum absolute atomic E-state index is 12.4. The number of carbonyl (C=O) groups is 1. The number of hydrogen-bond donors (Lipinski definition) is 1. The molecule has 3 aromatic rings. The van der Waals surface area contributed by atoms with Crippen molar-refractivity contribution in [3.63, 3.8) is 0 Å². The summed E-state index contributed by atoms with van der Waals surface area (Å²) >= 11 is 6.18. The fraction of sp³-hybridized carbons (Fsp3) is 0.143. The van der Waals surface area contributed by atoms with Crippen molar-refractivity contribution >= 4 is 23.2 Å². The molecule has 126 valence electrons. The second-order valence-electron chi connectivity index (χ2n) is 5.81. The van der Waals surface area contributed by atoms with Crippen molar-refractivity contribution in [1.82, 2.24) is 4.98 Å². The molecule has 0 atom stereocenters. The smallest absolute Gasteiger partial charge is 0.257 e. The molecule has 25 heavy (non-hydrogen) atoms. The number of halogens is 1. The van der Waals surface area contributed by atoms with Crippen molar-refractivity contribution in [2.45, 2.75) is 19.8 Å². The molecule has 0 aliphatic rings. The van der Waals surface area contributed by atoms with Gasteiger partial charge in [0.15, 0.2) is 0 Å². The molecule has 0 spiro atoms. The van der Waals surface area contributed by atoms with E-state index in [4.69, 9.17) is 11.6 Å². The molecular formula is C21H19ClN2O. The third kappa shape index (κ3) is 4.25. The van der Waals surface area contributed by atoms with Crippen molar-refractivity contribution in [2.24, 2.45) is 0 Å². The lowest BCUT2D eigenvalue weighted by atomic mass is 10.1. The molecule has 0 saturated heterocycles. The number of nitrogens with zero attached hydrogens (tertiary/aromatic N) is 1. The van der Waals surface area contributed by atoms with E-state index in [1.54, 1.807) is 18.3 Å². The van der Waals surface area contributed by atoms with E-state index in [1.807, 2.05) is 48.5 Å². The highest BCUT2D eigenvalue weighted by atomic mass is 35.5. The molecule has 0 aliphatic carbocycles. The van der Waals surface area contributed by atoms with Crippen molar-refractivity contribution in [3.8, 4) is 11.3 Å². The summed E-state index contributed by atoms with van der Waals surface area (Å²) in [5.41, 5.74) is 4.15. The number of rotatable bonds is 5. The topological polar surface area (TPSA) is 42.0 Å². The summed E-state index contributed by atoms with van der Waals surface area (Å²) in [7, 11) is 0. The van der Waals surface area contributed by atoms with Gasteiger partial charge in [-0.2, -0.15) is 0 Å². The Morgan fingerprint density at radius 3 is 2.44 bits per heavy atom. The van der Waals surface area contributed by atoms with Gasteiger partial charge in [0.1, 0.15) is 0 Å². The Morgan fingerprint density at radius 1 is 1.04 bits per heavy atom. The minimum atomic E-state index is -0.179. The van der Waals surface area contributed by atoms with Gasteiger partial charge in [-0.25, -0.2) is 0 Å². The Balaban J connectivity index is 1.71. The van der Waals surface area contributed by atoms with Crippen LogP contribution >= 0.6 is 11.6 Å². The van der Waals surface area contributed by atoms with E-state index < -0.39 is 0 Å². The zero-order valence-electron chi connectivity index (χ0n) is 14.0. The summed E-state index contributed by atoms with van der Waals surface area (Å²) in [4.78, 5) is 16.7. The van der Waals surface area contributed by atoms with E-state index in [0.717, 1.165) is 29.8 Å². The normalized spacial score (nSPS) is 10.5. The van der Waals surface area contributed by atoms with Gasteiger partial charge in [0, 0.05) is 22.5 Å².